The molecule has 0 spiro atoms. The van der Waals surface area contributed by atoms with Gasteiger partial charge in [-0.15, -0.1) is 23.2 Å². The predicted octanol–water partition coefficient (Wildman–Crippen LogP) is 3.70. The van der Waals surface area contributed by atoms with Gasteiger partial charge < -0.3 is 9.26 Å². The fourth-order valence-electron chi connectivity index (χ4n) is 2.85. The van der Waals surface area contributed by atoms with Gasteiger partial charge in [-0.1, -0.05) is 5.16 Å². The second-order valence-corrected chi connectivity index (χ2v) is 8.11. The number of carbonyl (C=O) groups is 2. The molecule has 0 bridgehead atoms. The molecule has 8 heteroatoms. The molecule has 1 fully saturated rings. The third kappa shape index (κ3) is 2.98. The van der Waals surface area contributed by atoms with Crippen molar-refractivity contribution in [1.82, 2.24) is 9.72 Å². The third-order valence-corrected chi connectivity index (χ3v) is 5.72. The maximum atomic E-state index is 12.5. The van der Waals surface area contributed by atoms with Crippen molar-refractivity contribution in [2.75, 3.05) is 6.61 Å². The molecule has 25 heavy (non-hydrogen) atoms. The van der Waals surface area contributed by atoms with Gasteiger partial charge in [-0.05, 0) is 33.8 Å². The minimum absolute atomic E-state index is 0.299. The number of Topliss-reactive ketones (excluding diaryl/α,β-unsaturated/α-hetero) is 1. The molecule has 2 aromatic rings. The molecule has 0 amide bonds. The zero-order valence-corrected chi connectivity index (χ0v) is 15.9. The highest BCUT2D eigenvalue weighted by Gasteiger charge is 2.69. The van der Waals surface area contributed by atoms with E-state index in [9.17, 15) is 9.59 Å². The van der Waals surface area contributed by atoms with Gasteiger partial charge in [-0.3, -0.25) is 14.2 Å². The first-order valence-electron chi connectivity index (χ1n) is 7.78. The Morgan fingerprint density at radius 2 is 1.96 bits per heavy atom. The molecule has 2 aromatic heterocycles. The lowest BCUT2D eigenvalue weighted by atomic mass is 10.1. The molecule has 1 atom stereocenters. The van der Waals surface area contributed by atoms with Gasteiger partial charge >= 0.3 is 5.97 Å². The fourth-order valence-corrected chi connectivity index (χ4v) is 3.53. The first-order valence-corrected chi connectivity index (χ1v) is 8.53. The van der Waals surface area contributed by atoms with Crippen molar-refractivity contribution < 1.29 is 18.8 Å². The molecule has 1 aliphatic rings. The highest BCUT2D eigenvalue weighted by molar-refractivity contribution is 6.53. The summed E-state index contributed by atoms with van der Waals surface area (Å²) in [6, 6.07) is 3.52. The summed E-state index contributed by atoms with van der Waals surface area (Å²) < 4.78 is 10.9. The molecule has 1 aliphatic carbocycles. The van der Waals surface area contributed by atoms with Crippen molar-refractivity contribution >= 4 is 35.0 Å². The van der Waals surface area contributed by atoms with E-state index < -0.39 is 15.7 Å². The number of hydrogen-bond donors (Lipinski definition) is 0. The lowest BCUT2D eigenvalue weighted by Gasteiger charge is -2.11. The maximum Gasteiger partial charge on any atom is 0.315 e. The quantitative estimate of drug-likeness (QED) is 0.446. The zero-order chi connectivity index (χ0) is 18.6. The van der Waals surface area contributed by atoms with Crippen LogP contribution in [0.1, 0.15) is 40.9 Å². The predicted molar refractivity (Wildman–Crippen MR) is 92.5 cm³/mol. The molecule has 0 aliphatic heterocycles. The molecule has 0 radical (unpaired) electrons. The van der Waals surface area contributed by atoms with Crippen molar-refractivity contribution in [3.05, 3.63) is 34.8 Å². The summed E-state index contributed by atoms with van der Waals surface area (Å²) in [7, 11) is 0. The van der Waals surface area contributed by atoms with E-state index in [1.807, 2.05) is 11.5 Å². The molecule has 6 nitrogen and oxygen atoms in total. The van der Waals surface area contributed by atoms with E-state index in [0.29, 0.717) is 29.3 Å². The Morgan fingerprint density at radius 3 is 2.48 bits per heavy atom. The summed E-state index contributed by atoms with van der Waals surface area (Å²) >= 11 is 11.9. The van der Waals surface area contributed by atoms with Crippen molar-refractivity contribution in [1.29, 1.82) is 0 Å². The first-order chi connectivity index (χ1) is 11.6. The van der Waals surface area contributed by atoms with Gasteiger partial charge in [0.2, 0.25) is 5.78 Å². The topological polar surface area (TPSA) is 74.3 Å². The molecule has 3 rings (SSSR count). The number of alkyl halides is 2. The number of hydrogen-bond acceptors (Lipinski definition) is 5. The SMILES string of the molecule is Cc1cc(-n2c(C)cc(C(=O)COC(=O)[C@@]3(C)CC3(Cl)Cl)c2C)no1. The van der Waals surface area contributed by atoms with Crippen LogP contribution in [0.2, 0.25) is 0 Å². The van der Waals surface area contributed by atoms with Crippen LogP contribution in [0.5, 0.6) is 0 Å². The van der Waals surface area contributed by atoms with Gasteiger partial charge in [0.1, 0.15) is 15.5 Å². The van der Waals surface area contributed by atoms with E-state index in [2.05, 4.69) is 5.16 Å². The van der Waals surface area contributed by atoms with Gasteiger partial charge in [0, 0.05) is 29.4 Å². The monoisotopic (exact) mass is 384 g/mol. The number of halogens is 2. The van der Waals surface area contributed by atoms with Crippen molar-refractivity contribution in [3.63, 3.8) is 0 Å². The molecule has 2 heterocycles. The third-order valence-electron chi connectivity index (χ3n) is 4.62. The summed E-state index contributed by atoms with van der Waals surface area (Å²) in [6.45, 7) is 6.72. The van der Waals surface area contributed by atoms with Gasteiger partial charge in [0.05, 0.1) is 0 Å². The van der Waals surface area contributed by atoms with Crippen molar-refractivity contribution in [2.45, 2.75) is 38.4 Å². The number of aryl methyl sites for hydroxylation is 2. The van der Waals surface area contributed by atoms with Crippen molar-refractivity contribution in [3.8, 4) is 5.82 Å². The number of ketones is 1. The number of esters is 1. The summed E-state index contributed by atoms with van der Waals surface area (Å²) in [6.07, 6.45) is 0.316. The number of carbonyl (C=O) groups excluding carboxylic acids is 2. The summed E-state index contributed by atoms with van der Waals surface area (Å²) in [5.74, 6) is 0.411. The smallest absolute Gasteiger partial charge is 0.315 e. The zero-order valence-electron chi connectivity index (χ0n) is 14.4. The molecule has 0 saturated heterocycles. The largest absolute Gasteiger partial charge is 0.457 e. The molecule has 0 unspecified atom stereocenters. The average Bonchev–Trinajstić information content (AvgIpc) is 2.81. The van der Waals surface area contributed by atoms with Crippen LogP contribution in [0.3, 0.4) is 0 Å². The second kappa shape index (κ2) is 5.88. The Morgan fingerprint density at radius 1 is 1.32 bits per heavy atom. The fraction of sp³-hybridized carbons (Fsp3) is 0.471. The molecular formula is C17H18Cl2N2O4. The van der Waals surface area contributed by atoms with Crippen LogP contribution < -0.4 is 0 Å². The molecule has 1 saturated carbocycles. The Balaban J connectivity index is 1.74. The van der Waals surface area contributed by atoms with Crippen LogP contribution in [-0.2, 0) is 9.53 Å². The lowest BCUT2D eigenvalue weighted by Crippen LogP contribution is -2.24. The lowest BCUT2D eigenvalue weighted by molar-refractivity contribution is -0.148. The summed E-state index contributed by atoms with van der Waals surface area (Å²) in [5.41, 5.74) is 1.05. The van der Waals surface area contributed by atoms with E-state index >= 15 is 0 Å². The van der Waals surface area contributed by atoms with E-state index in [1.165, 1.54) is 0 Å². The molecule has 0 aromatic carbocycles. The van der Waals surface area contributed by atoms with Gasteiger partial charge in [-0.2, -0.15) is 0 Å². The highest BCUT2D eigenvalue weighted by Crippen LogP contribution is 2.64. The second-order valence-electron chi connectivity index (χ2n) is 6.63. The Kier molecular flexibility index (Phi) is 4.24. The van der Waals surface area contributed by atoms with Crippen LogP contribution in [0.25, 0.3) is 5.82 Å². The van der Waals surface area contributed by atoms with Crippen LogP contribution in [0, 0.1) is 26.2 Å². The first kappa shape index (κ1) is 18.0. The van der Waals surface area contributed by atoms with E-state index in [-0.39, 0.29) is 12.4 Å². The van der Waals surface area contributed by atoms with Gasteiger partial charge in [-0.25, -0.2) is 0 Å². The van der Waals surface area contributed by atoms with Crippen LogP contribution in [0.4, 0.5) is 0 Å². The number of aromatic nitrogens is 2. The van der Waals surface area contributed by atoms with Crippen LogP contribution in [-0.4, -0.2) is 32.4 Å². The minimum Gasteiger partial charge on any atom is -0.457 e. The number of rotatable bonds is 5. The Labute approximate surface area is 155 Å². The average molecular weight is 385 g/mol. The van der Waals surface area contributed by atoms with E-state index in [4.69, 9.17) is 32.5 Å². The number of ether oxygens (including phenoxy) is 1. The number of nitrogens with zero attached hydrogens (tertiary/aromatic N) is 2. The van der Waals surface area contributed by atoms with Crippen molar-refractivity contribution in [2.24, 2.45) is 5.41 Å². The molecule has 134 valence electrons. The van der Waals surface area contributed by atoms with Gasteiger partial charge in [0.15, 0.2) is 12.4 Å². The molecule has 0 N–H and O–H groups in total. The Bertz CT molecular complexity index is 868. The standard InChI is InChI=1S/C17H18Cl2N2O4/c1-9-5-12(11(3)21(9)14-6-10(2)25-20-14)13(22)7-24-15(23)16(4)8-17(16,18)19/h5-6H,7-8H2,1-4H3/t16-/m1/s1. The summed E-state index contributed by atoms with van der Waals surface area (Å²) in [4.78, 5) is 24.6. The van der Waals surface area contributed by atoms with Gasteiger partial charge in [0.25, 0.3) is 0 Å². The maximum absolute atomic E-state index is 12.5. The van der Waals surface area contributed by atoms with E-state index in [1.54, 1.807) is 32.9 Å². The Hall–Kier alpha value is -1.79. The highest BCUT2D eigenvalue weighted by atomic mass is 35.5. The molecular weight excluding hydrogens is 367 g/mol. The normalized spacial score (nSPS) is 21.2. The van der Waals surface area contributed by atoms with Crippen LogP contribution >= 0.6 is 23.2 Å². The minimum atomic E-state index is -1.12. The van der Waals surface area contributed by atoms with Crippen LogP contribution in [0.15, 0.2) is 16.7 Å². The summed E-state index contributed by atoms with van der Waals surface area (Å²) in [5, 5.41) is 3.97. The van der Waals surface area contributed by atoms with E-state index in [0.717, 1.165) is 5.69 Å².